The van der Waals surface area contributed by atoms with Gasteiger partial charge in [0.15, 0.2) is 0 Å². The normalized spacial score (nSPS) is 11.6. The summed E-state index contributed by atoms with van der Waals surface area (Å²) < 4.78 is 8.97. The Bertz CT molecular complexity index is 1060. The van der Waals surface area contributed by atoms with Crippen molar-refractivity contribution in [2.45, 2.75) is 30.5 Å². The van der Waals surface area contributed by atoms with Gasteiger partial charge in [0, 0.05) is 47.1 Å². The molecular weight excluding hydrogens is 474 g/mol. The number of carbonyl (C=O) groups is 1. The predicted molar refractivity (Wildman–Crippen MR) is 122 cm³/mol. The van der Waals surface area contributed by atoms with Crippen molar-refractivity contribution in [1.29, 1.82) is 0 Å². The predicted octanol–water partition coefficient (Wildman–Crippen LogP) is 4.94. The van der Waals surface area contributed by atoms with Gasteiger partial charge in [-0.15, -0.1) is 11.3 Å². The number of thiazole rings is 1. The highest BCUT2D eigenvalue weighted by molar-refractivity contribution is 9.10. The molecule has 3 rings (SSSR count). The average Bonchev–Trinajstić information content (AvgIpc) is 3.18. The number of rotatable bonds is 7. The van der Waals surface area contributed by atoms with Crippen molar-refractivity contribution in [3.05, 3.63) is 38.4 Å². The first-order chi connectivity index (χ1) is 13.7. The lowest BCUT2D eigenvalue weighted by Gasteiger charge is -2.15. The Labute approximate surface area is 187 Å². The van der Waals surface area contributed by atoms with Crippen molar-refractivity contribution in [1.82, 2.24) is 14.5 Å². The summed E-state index contributed by atoms with van der Waals surface area (Å²) in [4.78, 5) is 19.5. The summed E-state index contributed by atoms with van der Waals surface area (Å²) >= 11 is 6.65. The van der Waals surface area contributed by atoms with E-state index in [0.717, 1.165) is 26.6 Å². The van der Waals surface area contributed by atoms with Crippen LogP contribution in [0.15, 0.2) is 20.3 Å². The number of carbonyl (C=O) groups excluding carboxylic acids is 1. The third-order valence-electron chi connectivity index (χ3n) is 4.52. The van der Waals surface area contributed by atoms with Crippen LogP contribution in [0.4, 0.5) is 0 Å². The van der Waals surface area contributed by atoms with Gasteiger partial charge in [0.05, 0.1) is 22.2 Å². The molecule has 0 aliphatic carbocycles. The molecule has 0 aliphatic heterocycles. The summed E-state index contributed by atoms with van der Waals surface area (Å²) in [6.45, 7) is 4.55. The number of ether oxygens (including phenoxy) is 1. The number of esters is 1. The second kappa shape index (κ2) is 9.07. The lowest BCUT2D eigenvalue weighted by Crippen LogP contribution is -2.13. The number of hydrogen-bond acceptors (Lipinski definition) is 7. The maximum Gasteiger partial charge on any atom is 0.340 e. The third kappa shape index (κ3) is 4.47. The van der Waals surface area contributed by atoms with Crippen molar-refractivity contribution >= 4 is 55.9 Å². The lowest BCUT2D eigenvalue weighted by molar-refractivity contribution is 0.0527. The Balaban J connectivity index is 2.22. The number of thioether (sulfide) groups is 1. The topological polar surface area (TPSA) is 67.6 Å². The molecule has 0 aliphatic rings. The summed E-state index contributed by atoms with van der Waals surface area (Å²) in [5.41, 5.74) is 3.95. The molecule has 0 saturated heterocycles. The highest BCUT2D eigenvalue weighted by Gasteiger charge is 2.27. The van der Waals surface area contributed by atoms with E-state index < -0.39 is 0 Å². The molecule has 0 saturated carbocycles. The van der Waals surface area contributed by atoms with E-state index >= 15 is 0 Å². The zero-order chi connectivity index (χ0) is 21.3. The van der Waals surface area contributed by atoms with E-state index in [1.54, 1.807) is 30.0 Å². The molecule has 3 aromatic rings. The van der Waals surface area contributed by atoms with Gasteiger partial charge in [-0.25, -0.2) is 9.78 Å². The number of nitrogens with zero attached hydrogens (tertiary/aromatic N) is 3. The first kappa shape index (κ1) is 22.1. The van der Waals surface area contributed by atoms with Crippen molar-refractivity contribution < 1.29 is 14.6 Å². The van der Waals surface area contributed by atoms with E-state index in [9.17, 15) is 9.90 Å². The SMILES string of the molecule is CCOC(=O)c1c(CSc2nc(C)cs2)n(C)c2cc(Br)c(O)c(CN(C)C)c12. The number of hydrogen-bond donors (Lipinski definition) is 1. The molecule has 0 radical (unpaired) electrons. The van der Waals surface area contributed by atoms with Crippen molar-refractivity contribution in [2.24, 2.45) is 7.05 Å². The van der Waals surface area contributed by atoms with Crippen LogP contribution in [-0.4, -0.2) is 46.2 Å². The minimum absolute atomic E-state index is 0.150. The molecule has 1 N–H and O–H groups in total. The summed E-state index contributed by atoms with van der Waals surface area (Å²) in [6, 6.07) is 1.86. The molecule has 156 valence electrons. The van der Waals surface area contributed by atoms with Gasteiger partial charge in [0.1, 0.15) is 10.1 Å². The van der Waals surface area contributed by atoms with Gasteiger partial charge >= 0.3 is 5.97 Å². The average molecular weight is 498 g/mol. The van der Waals surface area contributed by atoms with Crippen LogP contribution in [0.3, 0.4) is 0 Å². The van der Waals surface area contributed by atoms with Crippen LogP contribution in [0.5, 0.6) is 5.75 Å². The molecule has 0 spiro atoms. The van der Waals surface area contributed by atoms with Crippen LogP contribution >= 0.6 is 39.0 Å². The Kier molecular flexibility index (Phi) is 6.93. The van der Waals surface area contributed by atoms with Gasteiger partial charge in [-0.2, -0.15) is 0 Å². The largest absolute Gasteiger partial charge is 0.506 e. The first-order valence-electron chi connectivity index (χ1n) is 9.12. The fraction of sp³-hybridized carbons (Fsp3) is 0.400. The molecule has 0 fully saturated rings. The zero-order valence-corrected chi connectivity index (χ0v) is 20.3. The smallest absolute Gasteiger partial charge is 0.340 e. The summed E-state index contributed by atoms with van der Waals surface area (Å²) in [7, 11) is 5.80. The van der Waals surface area contributed by atoms with Crippen molar-refractivity contribution in [3.63, 3.8) is 0 Å². The number of aromatic hydroxyl groups is 1. The Hall–Kier alpha value is -1.55. The standard InChI is InChI=1S/C20H24BrN3O3S2/c1-6-27-19(26)17-15(10-29-20-22-11(2)9-28-20)24(5)14-7-13(21)18(25)12(16(14)17)8-23(3)4/h7,9,25H,6,8,10H2,1-5H3. The second-order valence-electron chi connectivity index (χ2n) is 6.96. The summed E-state index contributed by atoms with van der Waals surface area (Å²) in [6.07, 6.45) is 0. The zero-order valence-electron chi connectivity index (χ0n) is 17.1. The van der Waals surface area contributed by atoms with Gasteiger partial charge in [0.2, 0.25) is 0 Å². The highest BCUT2D eigenvalue weighted by Crippen LogP contribution is 2.41. The van der Waals surface area contributed by atoms with E-state index in [-0.39, 0.29) is 11.7 Å². The second-order valence-corrected chi connectivity index (χ2v) is 9.90. The van der Waals surface area contributed by atoms with E-state index in [1.807, 2.05) is 49.0 Å². The number of phenolic OH excluding ortho intramolecular Hbond substituents is 1. The molecule has 0 unspecified atom stereocenters. The molecule has 0 amide bonds. The minimum Gasteiger partial charge on any atom is -0.506 e. The van der Waals surface area contributed by atoms with Gasteiger partial charge in [-0.3, -0.25) is 0 Å². The van der Waals surface area contributed by atoms with E-state index in [1.165, 1.54) is 0 Å². The number of aryl methyl sites for hydroxylation is 2. The molecule has 2 heterocycles. The molecular formula is C20H24BrN3O3S2. The van der Waals surface area contributed by atoms with Crippen molar-refractivity contribution in [3.8, 4) is 5.75 Å². The number of aromatic nitrogens is 2. The highest BCUT2D eigenvalue weighted by atomic mass is 79.9. The van der Waals surface area contributed by atoms with E-state index in [2.05, 4.69) is 20.9 Å². The number of fused-ring (bicyclic) bond motifs is 1. The van der Waals surface area contributed by atoms with Gasteiger partial charge < -0.3 is 19.3 Å². The Morgan fingerprint density at radius 1 is 1.45 bits per heavy atom. The van der Waals surface area contributed by atoms with E-state index in [4.69, 9.17) is 4.74 Å². The van der Waals surface area contributed by atoms with Gasteiger partial charge in [-0.1, -0.05) is 11.8 Å². The molecule has 29 heavy (non-hydrogen) atoms. The fourth-order valence-corrected chi connectivity index (χ4v) is 5.65. The molecule has 9 heteroatoms. The molecule has 2 aromatic heterocycles. The van der Waals surface area contributed by atoms with Gasteiger partial charge in [-0.05, 0) is 49.9 Å². The number of benzene rings is 1. The summed E-state index contributed by atoms with van der Waals surface area (Å²) in [5, 5.41) is 13.5. The van der Waals surface area contributed by atoms with Crippen LogP contribution in [0.2, 0.25) is 0 Å². The Morgan fingerprint density at radius 2 is 2.17 bits per heavy atom. The maximum atomic E-state index is 13.0. The van der Waals surface area contributed by atoms with Gasteiger partial charge in [0.25, 0.3) is 0 Å². The van der Waals surface area contributed by atoms with Crippen molar-refractivity contribution in [2.75, 3.05) is 20.7 Å². The molecule has 0 bridgehead atoms. The maximum absolute atomic E-state index is 13.0. The first-order valence-corrected chi connectivity index (χ1v) is 11.8. The Morgan fingerprint density at radius 3 is 2.76 bits per heavy atom. The third-order valence-corrected chi connectivity index (χ3v) is 7.28. The number of phenols is 1. The van der Waals surface area contributed by atoms with Crippen LogP contribution in [0, 0.1) is 6.92 Å². The molecule has 6 nitrogen and oxygen atoms in total. The number of halogens is 1. The van der Waals surface area contributed by atoms with Crippen LogP contribution in [-0.2, 0) is 24.1 Å². The monoisotopic (exact) mass is 497 g/mol. The minimum atomic E-state index is -0.370. The van der Waals surface area contributed by atoms with E-state index in [0.29, 0.717) is 34.5 Å². The molecule has 1 aromatic carbocycles. The van der Waals surface area contributed by atoms with Crippen LogP contribution < -0.4 is 0 Å². The van der Waals surface area contributed by atoms with Crippen LogP contribution in [0.25, 0.3) is 10.9 Å². The lowest BCUT2D eigenvalue weighted by atomic mass is 10.0. The van der Waals surface area contributed by atoms with Crippen LogP contribution in [0.1, 0.15) is 34.2 Å². The summed E-state index contributed by atoms with van der Waals surface area (Å²) in [5.74, 6) is 0.356. The quantitative estimate of drug-likeness (QED) is 0.368. The fourth-order valence-electron chi connectivity index (χ4n) is 3.27. The molecule has 0 atom stereocenters.